The fourth-order valence-electron chi connectivity index (χ4n) is 7.00. The quantitative estimate of drug-likeness (QED) is 0.203. The molecule has 46 heavy (non-hydrogen) atoms. The van der Waals surface area contributed by atoms with E-state index in [-0.39, 0.29) is 31.1 Å². The smallest absolute Gasteiger partial charge is 0.407 e. The third-order valence-corrected chi connectivity index (χ3v) is 9.16. The van der Waals surface area contributed by atoms with Gasteiger partial charge in [0.25, 0.3) is 0 Å². The van der Waals surface area contributed by atoms with Crippen LogP contribution in [0.25, 0.3) is 0 Å². The van der Waals surface area contributed by atoms with Gasteiger partial charge in [0.15, 0.2) is 0 Å². The Kier molecular flexibility index (Phi) is 9.52. The minimum Gasteiger partial charge on any atom is -0.445 e. The first-order valence-electron chi connectivity index (χ1n) is 16.1. The van der Waals surface area contributed by atoms with Crippen LogP contribution in [-0.2, 0) is 40.1 Å². The van der Waals surface area contributed by atoms with Crippen molar-refractivity contribution in [2.24, 2.45) is 5.92 Å². The lowest BCUT2D eigenvalue weighted by atomic mass is 9.87. The molecular formula is C39H42N2O5. The van der Waals surface area contributed by atoms with Crippen LogP contribution in [0.5, 0.6) is 0 Å². The number of ether oxygens (including phenoxy) is 2. The first-order chi connectivity index (χ1) is 22.3. The van der Waals surface area contributed by atoms with Gasteiger partial charge in [0, 0.05) is 12.3 Å². The summed E-state index contributed by atoms with van der Waals surface area (Å²) in [5, 5.41) is 14.8. The molecule has 2 aliphatic rings. The second kappa shape index (κ2) is 13.9. The van der Waals surface area contributed by atoms with Gasteiger partial charge in [-0.2, -0.15) is 0 Å². The summed E-state index contributed by atoms with van der Waals surface area (Å²) in [5.41, 5.74) is 4.34. The molecule has 1 saturated heterocycles. The van der Waals surface area contributed by atoms with Gasteiger partial charge in [-0.05, 0) is 60.9 Å². The molecule has 4 aromatic rings. The molecule has 1 fully saturated rings. The maximum atomic E-state index is 14.7. The van der Waals surface area contributed by atoms with E-state index < -0.39 is 29.9 Å². The van der Waals surface area contributed by atoms with Gasteiger partial charge in [0.2, 0.25) is 5.91 Å². The van der Waals surface area contributed by atoms with Crippen molar-refractivity contribution in [3.8, 4) is 0 Å². The monoisotopic (exact) mass is 618 g/mol. The molecule has 0 radical (unpaired) electrons. The minimum atomic E-state index is -1.03. The zero-order chi connectivity index (χ0) is 32.1. The number of nitrogens with zero attached hydrogens (tertiary/aromatic N) is 1. The molecule has 4 aromatic carbocycles. The van der Waals surface area contributed by atoms with Crippen LogP contribution in [0.2, 0.25) is 0 Å². The molecule has 2 N–H and O–H groups in total. The van der Waals surface area contributed by atoms with Crippen LogP contribution in [0.3, 0.4) is 0 Å². The molecule has 0 aromatic heterocycles. The van der Waals surface area contributed by atoms with Gasteiger partial charge in [-0.15, -0.1) is 0 Å². The Morgan fingerprint density at radius 1 is 0.848 bits per heavy atom. The van der Waals surface area contributed by atoms with E-state index in [1.807, 2.05) is 122 Å². The van der Waals surface area contributed by atoms with E-state index in [1.54, 1.807) is 0 Å². The highest BCUT2D eigenvalue weighted by atomic mass is 16.6. The summed E-state index contributed by atoms with van der Waals surface area (Å²) in [6.45, 7) is 4.01. The Labute approximate surface area is 271 Å². The van der Waals surface area contributed by atoms with E-state index in [1.165, 1.54) is 5.56 Å². The third-order valence-electron chi connectivity index (χ3n) is 9.16. The Balaban J connectivity index is 1.25. The number of alkyl carbamates (subject to hydrolysis) is 1. The van der Waals surface area contributed by atoms with Gasteiger partial charge in [0.1, 0.15) is 12.3 Å². The summed E-state index contributed by atoms with van der Waals surface area (Å²) in [7, 11) is 0. The number of hydrogen-bond acceptors (Lipinski definition) is 5. The van der Waals surface area contributed by atoms with Crippen molar-refractivity contribution in [3.63, 3.8) is 0 Å². The number of aliphatic hydroxyl groups is 1. The number of benzene rings is 4. The van der Waals surface area contributed by atoms with Crippen molar-refractivity contribution in [3.05, 3.63) is 143 Å². The predicted octanol–water partition coefficient (Wildman–Crippen LogP) is 6.39. The highest BCUT2D eigenvalue weighted by Crippen LogP contribution is 2.49. The highest BCUT2D eigenvalue weighted by molar-refractivity contribution is 5.81. The standard InChI is InChI=1S/C39H42N2O5/c1-39(2)41(36-32-21-13-12-20-30(32)25-35(36)46-39)37(43)31(22-27-14-6-3-7-15-27)24-34(42)33(23-28-16-8-4-9-17-28)40-38(44)45-26-29-18-10-5-11-19-29/h3-21,31,33-36,42H,22-26H2,1-2H3,(H,40,44). The average molecular weight is 619 g/mol. The summed E-state index contributed by atoms with van der Waals surface area (Å²) >= 11 is 0. The van der Waals surface area contributed by atoms with Crippen LogP contribution in [0.1, 0.15) is 54.1 Å². The lowest BCUT2D eigenvalue weighted by Crippen LogP contribution is -2.50. The van der Waals surface area contributed by atoms with Crippen molar-refractivity contribution < 1.29 is 24.2 Å². The number of hydrogen-bond donors (Lipinski definition) is 2. The van der Waals surface area contributed by atoms with Crippen LogP contribution in [0.4, 0.5) is 4.79 Å². The molecule has 5 unspecified atom stereocenters. The molecule has 7 heteroatoms. The Hall–Kier alpha value is -4.46. The maximum Gasteiger partial charge on any atom is 0.407 e. The molecule has 0 bridgehead atoms. The van der Waals surface area contributed by atoms with E-state index in [0.29, 0.717) is 12.8 Å². The van der Waals surface area contributed by atoms with Crippen LogP contribution in [0.15, 0.2) is 115 Å². The Morgan fingerprint density at radius 2 is 1.41 bits per heavy atom. The van der Waals surface area contributed by atoms with E-state index in [4.69, 9.17) is 9.47 Å². The van der Waals surface area contributed by atoms with Crippen molar-refractivity contribution >= 4 is 12.0 Å². The number of carbonyl (C=O) groups excluding carboxylic acids is 2. The second-order valence-electron chi connectivity index (χ2n) is 12.9. The molecule has 2 amide bonds. The maximum absolute atomic E-state index is 14.7. The number of fused-ring (bicyclic) bond motifs is 3. The number of carbonyl (C=O) groups is 2. The number of amides is 2. The van der Waals surface area contributed by atoms with E-state index in [0.717, 1.165) is 28.7 Å². The molecule has 1 aliphatic carbocycles. The second-order valence-corrected chi connectivity index (χ2v) is 12.9. The van der Waals surface area contributed by atoms with Gasteiger partial charge in [-0.25, -0.2) is 4.79 Å². The van der Waals surface area contributed by atoms with Crippen molar-refractivity contribution in [2.75, 3.05) is 0 Å². The molecule has 6 rings (SSSR count). The fraction of sp³-hybridized carbons (Fsp3) is 0.333. The Morgan fingerprint density at radius 3 is 2.07 bits per heavy atom. The summed E-state index contributed by atoms with van der Waals surface area (Å²) < 4.78 is 12.0. The Bertz CT molecular complexity index is 1610. The van der Waals surface area contributed by atoms with Crippen LogP contribution in [-0.4, -0.2) is 46.0 Å². The van der Waals surface area contributed by atoms with Gasteiger partial charge < -0.3 is 24.8 Å². The molecule has 5 atom stereocenters. The number of rotatable bonds is 11. The van der Waals surface area contributed by atoms with Gasteiger partial charge in [0.05, 0.1) is 24.3 Å². The predicted molar refractivity (Wildman–Crippen MR) is 177 cm³/mol. The molecule has 0 spiro atoms. The highest BCUT2D eigenvalue weighted by Gasteiger charge is 2.54. The van der Waals surface area contributed by atoms with Crippen molar-refractivity contribution in [1.82, 2.24) is 10.2 Å². The minimum absolute atomic E-state index is 0.0674. The van der Waals surface area contributed by atoms with Crippen molar-refractivity contribution in [2.45, 2.75) is 76.2 Å². The van der Waals surface area contributed by atoms with E-state index >= 15 is 0 Å². The zero-order valence-electron chi connectivity index (χ0n) is 26.4. The molecule has 1 heterocycles. The van der Waals surface area contributed by atoms with E-state index in [9.17, 15) is 14.7 Å². The molecule has 238 valence electrons. The van der Waals surface area contributed by atoms with Crippen LogP contribution >= 0.6 is 0 Å². The number of nitrogens with one attached hydrogen (secondary N) is 1. The summed E-state index contributed by atoms with van der Waals surface area (Å²) in [4.78, 5) is 29.7. The molecule has 1 aliphatic heterocycles. The molecule has 7 nitrogen and oxygen atoms in total. The van der Waals surface area contributed by atoms with Gasteiger partial charge >= 0.3 is 6.09 Å². The molecular weight excluding hydrogens is 576 g/mol. The topological polar surface area (TPSA) is 88.1 Å². The summed E-state index contributed by atoms with van der Waals surface area (Å²) in [6, 6.07) is 36.4. The first kappa shape index (κ1) is 31.5. The zero-order valence-corrected chi connectivity index (χ0v) is 26.4. The fourth-order valence-corrected chi connectivity index (χ4v) is 7.00. The number of aliphatic hydroxyl groups excluding tert-OH is 1. The SMILES string of the molecule is CC1(C)OC2Cc3ccccc3C2N1C(=O)C(Cc1ccccc1)CC(O)C(Cc1ccccc1)NC(=O)OCc1ccccc1. The summed E-state index contributed by atoms with van der Waals surface area (Å²) in [5.74, 6) is -0.630. The average Bonchev–Trinajstić information content (AvgIpc) is 3.54. The third kappa shape index (κ3) is 7.16. The largest absolute Gasteiger partial charge is 0.445 e. The molecule has 0 saturated carbocycles. The van der Waals surface area contributed by atoms with Gasteiger partial charge in [-0.3, -0.25) is 4.79 Å². The summed E-state index contributed by atoms with van der Waals surface area (Å²) in [6.07, 6.45) is -0.0336. The van der Waals surface area contributed by atoms with Crippen LogP contribution < -0.4 is 5.32 Å². The lowest BCUT2D eigenvalue weighted by Gasteiger charge is -2.37. The lowest BCUT2D eigenvalue weighted by molar-refractivity contribution is -0.153. The van der Waals surface area contributed by atoms with Crippen molar-refractivity contribution in [1.29, 1.82) is 0 Å². The van der Waals surface area contributed by atoms with Crippen LogP contribution in [0, 0.1) is 5.92 Å². The first-order valence-corrected chi connectivity index (χ1v) is 16.1. The van der Waals surface area contributed by atoms with Gasteiger partial charge in [-0.1, -0.05) is 115 Å². The normalized spacial score (nSPS) is 19.8. The van der Waals surface area contributed by atoms with E-state index in [2.05, 4.69) is 17.4 Å².